The lowest BCUT2D eigenvalue weighted by molar-refractivity contribution is -0.0481. The van der Waals surface area contributed by atoms with Crippen LogP contribution in [0.25, 0.3) is 0 Å². The highest BCUT2D eigenvalue weighted by molar-refractivity contribution is 6.42. The highest BCUT2D eigenvalue weighted by Gasteiger charge is 2.36. The summed E-state index contributed by atoms with van der Waals surface area (Å²) in [6.07, 6.45) is 1.41. The predicted octanol–water partition coefficient (Wildman–Crippen LogP) is 4.69. The van der Waals surface area contributed by atoms with Gasteiger partial charge in [0, 0.05) is 18.9 Å². The van der Waals surface area contributed by atoms with E-state index in [9.17, 15) is 8.78 Å². The summed E-state index contributed by atoms with van der Waals surface area (Å²) in [5.74, 6) is -2.38. The van der Waals surface area contributed by atoms with Crippen molar-refractivity contribution in [2.75, 3.05) is 0 Å². The van der Waals surface area contributed by atoms with Crippen LogP contribution in [-0.4, -0.2) is 12.0 Å². The molecule has 1 aromatic carbocycles. The second kappa shape index (κ2) is 5.94. The number of hydrogen-bond acceptors (Lipinski definition) is 1. The van der Waals surface area contributed by atoms with Crippen LogP contribution >= 0.6 is 23.2 Å². The van der Waals surface area contributed by atoms with E-state index in [-0.39, 0.29) is 24.8 Å². The summed E-state index contributed by atoms with van der Waals surface area (Å²) in [6.45, 7) is 0. The Morgan fingerprint density at radius 3 is 2.53 bits per heavy atom. The first-order valence-electron chi connectivity index (χ1n) is 6.45. The van der Waals surface area contributed by atoms with Crippen LogP contribution in [0.5, 0.6) is 0 Å². The predicted molar refractivity (Wildman–Crippen MR) is 75.0 cm³/mol. The van der Waals surface area contributed by atoms with Gasteiger partial charge in [-0.3, -0.25) is 0 Å². The van der Waals surface area contributed by atoms with Gasteiger partial charge < -0.3 is 5.73 Å². The molecule has 0 spiro atoms. The third-order valence-corrected chi connectivity index (χ3v) is 4.71. The molecule has 0 aliphatic heterocycles. The highest BCUT2D eigenvalue weighted by atomic mass is 35.5. The Morgan fingerprint density at radius 1 is 1.26 bits per heavy atom. The lowest BCUT2D eigenvalue weighted by Crippen LogP contribution is -2.37. The lowest BCUT2D eigenvalue weighted by atomic mass is 9.80. The molecule has 0 heterocycles. The minimum Gasteiger partial charge on any atom is -0.327 e. The van der Waals surface area contributed by atoms with Crippen LogP contribution in [0.3, 0.4) is 0 Å². The molecule has 2 N–H and O–H groups in total. The SMILES string of the molecule is NC(Cc1cccc(Cl)c1Cl)C1CCC(F)(F)CC1. The number of nitrogens with two attached hydrogens (primary N) is 1. The molecule has 2 rings (SSSR count). The number of halogens is 4. The summed E-state index contributed by atoms with van der Waals surface area (Å²) in [5, 5.41) is 1.02. The Morgan fingerprint density at radius 2 is 1.89 bits per heavy atom. The van der Waals surface area contributed by atoms with Crippen LogP contribution in [0.15, 0.2) is 18.2 Å². The van der Waals surface area contributed by atoms with Gasteiger partial charge in [0.1, 0.15) is 0 Å². The molecule has 1 saturated carbocycles. The molecule has 5 heteroatoms. The minimum absolute atomic E-state index is 0.0609. The van der Waals surface area contributed by atoms with E-state index in [1.54, 1.807) is 6.07 Å². The van der Waals surface area contributed by atoms with Crippen molar-refractivity contribution >= 4 is 23.2 Å². The first-order chi connectivity index (χ1) is 8.89. The Labute approximate surface area is 122 Å². The summed E-state index contributed by atoms with van der Waals surface area (Å²) in [4.78, 5) is 0. The molecule has 0 saturated heterocycles. The summed E-state index contributed by atoms with van der Waals surface area (Å²) < 4.78 is 26.2. The second-order valence-corrected chi connectivity index (χ2v) is 6.06. The molecule has 1 aromatic rings. The Kier molecular flexibility index (Phi) is 4.70. The fourth-order valence-corrected chi connectivity index (χ4v) is 3.01. The third-order valence-electron chi connectivity index (χ3n) is 3.85. The van der Waals surface area contributed by atoms with Crippen LogP contribution in [0.1, 0.15) is 31.2 Å². The molecule has 19 heavy (non-hydrogen) atoms. The molecule has 0 amide bonds. The van der Waals surface area contributed by atoms with Crippen molar-refractivity contribution in [2.45, 2.75) is 44.1 Å². The minimum atomic E-state index is -2.51. The number of rotatable bonds is 3. The quantitative estimate of drug-likeness (QED) is 0.861. The summed E-state index contributed by atoms with van der Waals surface area (Å²) in [7, 11) is 0. The standard InChI is InChI=1S/C14H17Cl2F2N/c15-11-3-1-2-10(13(11)16)8-12(19)9-4-6-14(17,18)7-5-9/h1-3,9,12H,4-8,19H2. The molecule has 1 unspecified atom stereocenters. The molecule has 1 aliphatic carbocycles. The van der Waals surface area contributed by atoms with Gasteiger partial charge in [-0.2, -0.15) is 0 Å². The first-order valence-corrected chi connectivity index (χ1v) is 7.21. The van der Waals surface area contributed by atoms with Gasteiger partial charge in [0.25, 0.3) is 0 Å². The average Bonchev–Trinajstić information content (AvgIpc) is 2.35. The van der Waals surface area contributed by atoms with E-state index in [0.29, 0.717) is 29.3 Å². The zero-order chi connectivity index (χ0) is 14.0. The number of hydrogen-bond donors (Lipinski definition) is 1. The van der Waals surface area contributed by atoms with Gasteiger partial charge in [-0.05, 0) is 36.8 Å². The summed E-state index contributed by atoms with van der Waals surface area (Å²) in [5.41, 5.74) is 7.03. The molecular weight excluding hydrogens is 291 g/mol. The smallest absolute Gasteiger partial charge is 0.248 e. The molecule has 1 aliphatic rings. The fraction of sp³-hybridized carbons (Fsp3) is 0.571. The maximum Gasteiger partial charge on any atom is 0.248 e. The van der Waals surface area contributed by atoms with E-state index in [1.165, 1.54) is 0 Å². The molecule has 1 nitrogen and oxygen atoms in total. The number of alkyl halides is 2. The summed E-state index contributed by atoms with van der Waals surface area (Å²) >= 11 is 12.1. The van der Waals surface area contributed by atoms with Gasteiger partial charge in [-0.25, -0.2) is 8.78 Å². The van der Waals surface area contributed by atoms with Crippen LogP contribution in [-0.2, 0) is 6.42 Å². The Hall–Kier alpha value is -0.380. The first kappa shape index (κ1) is 15.0. The van der Waals surface area contributed by atoms with Crippen LogP contribution in [0.4, 0.5) is 8.78 Å². The van der Waals surface area contributed by atoms with Gasteiger partial charge >= 0.3 is 0 Å². The molecule has 0 bridgehead atoms. The van der Waals surface area contributed by atoms with Crippen molar-refractivity contribution in [3.8, 4) is 0 Å². The molecule has 1 fully saturated rings. The van der Waals surface area contributed by atoms with E-state index in [4.69, 9.17) is 28.9 Å². The van der Waals surface area contributed by atoms with Crippen molar-refractivity contribution < 1.29 is 8.78 Å². The molecular formula is C14H17Cl2F2N. The molecule has 0 radical (unpaired) electrons. The van der Waals surface area contributed by atoms with Crippen molar-refractivity contribution in [1.29, 1.82) is 0 Å². The summed E-state index contributed by atoms with van der Waals surface area (Å²) in [6, 6.07) is 5.28. The van der Waals surface area contributed by atoms with Crippen LogP contribution in [0, 0.1) is 5.92 Å². The highest BCUT2D eigenvalue weighted by Crippen LogP contribution is 2.38. The number of benzene rings is 1. The van der Waals surface area contributed by atoms with Crippen LogP contribution < -0.4 is 5.73 Å². The normalized spacial score (nSPS) is 21.3. The molecule has 1 atom stereocenters. The van der Waals surface area contributed by atoms with E-state index in [2.05, 4.69) is 0 Å². The van der Waals surface area contributed by atoms with E-state index in [1.807, 2.05) is 12.1 Å². The van der Waals surface area contributed by atoms with Crippen molar-refractivity contribution in [3.63, 3.8) is 0 Å². The lowest BCUT2D eigenvalue weighted by Gasteiger charge is -2.32. The second-order valence-electron chi connectivity index (χ2n) is 5.27. The van der Waals surface area contributed by atoms with E-state index < -0.39 is 5.92 Å². The monoisotopic (exact) mass is 307 g/mol. The zero-order valence-electron chi connectivity index (χ0n) is 10.5. The third kappa shape index (κ3) is 3.80. The van der Waals surface area contributed by atoms with Crippen molar-refractivity contribution in [2.24, 2.45) is 11.7 Å². The van der Waals surface area contributed by atoms with Crippen molar-refractivity contribution in [3.05, 3.63) is 33.8 Å². The average molecular weight is 308 g/mol. The largest absolute Gasteiger partial charge is 0.327 e. The van der Waals surface area contributed by atoms with Crippen LogP contribution in [0.2, 0.25) is 10.0 Å². The topological polar surface area (TPSA) is 26.0 Å². The molecule has 0 aromatic heterocycles. The van der Waals surface area contributed by atoms with Crippen molar-refractivity contribution in [1.82, 2.24) is 0 Å². The van der Waals surface area contributed by atoms with Gasteiger partial charge in [0.15, 0.2) is 0 Å². The Bertz CT molecular complexity index is 441. The van der Waals surface area contributed by atoms with Gasteiger partial charge in [0.05, 0.1) is 10.0 Å². The maximum absolute atomic E-state index is 13.1. The Balaban J connectivity index is 1.98. The van der Waals surface area contributed by atoms with Gasteiger partial charge in [-0.15, -0.1) is 0 Å². The zero-order valence-corrected chi connectivity index (χ0v) is 12.0. The van der Waals surface area contributed by atoms with Gasteiger partial charge in [-0.1, -0.05) is 35.3 Å². The van der Waals surface area contributed by atoms with Gasteiger partial charge in [0.2, 0.25) is 5.92 Å². The van der Waals surface area contributed by atoms with E-state index >= 15 is 0 Å². The maximum atomic E-state index is 13.1. The molecule has 106 valence electrons. The van der Waals surface area contributed by atoms with E-state index in [0.717, 1.165) is 5.56 Å². The fourth-order valence-electron chi connectivity index (χ4n) is 2.62.